The normalized spacial score (nSPS) is 34.2. The Balaban J connectivity index is 1.48. The fourth-order valence-electron chi connectivity index (χ4n) is 3.91. The molecule has 0 radical (unpaired) electrons. The lowest BCUT2D eigenvalue weighted by molar-refractivity contribution is -0.151. The molecule has 0 unspecified atom stereocenters. The molecule has 3 fully saturated rings. The van der Waals surface area contributed by atoms with E-state index in [-0.39, 0.29) is 0 Å². The predicted octanol–water partition coefficient (Wildman–Crippen LogP) is 1.75. The lowest BCUT2D eigenvalue weighted by atomic mass is 9.72. The SMILES string of the molecule is C=CCN1CCC2(C1)CN(C(=O)C1CC(C)C1)C2. The van der Waals surface area contributed by atoms with Crippen LogP contribution in [0.2, 0.25) is 0 Å². The van der Waals surface area contributed by atoms with Gasteiger partial charge in [-0.25, -0.2) is 0 Å². The molecule has 100 valence electrons. The van der Waals surface area contributed by atoms with Crippen LogP contribution in [0.3, 0.4) is 0 Å². The van der Waals surface area contributed by atoms with Crippen molar-refractivity contribution in [3.05, 3.63) is 12.7 Å². The maximum atomic E-state index is 12.2. The molecule has 3 aliphatic rings. The summed E-state index contributed by atoms with van der Waals surface area (Å²) < 4.78 is 0. The van der Waals surface area contributed by atoms with Crippen molar-refractivity contribution in [1.29, 1.82) is 0 Å². The highest BCUT2D eigenvalue weighted by atomic mass is 16.2. The van der Waals surface area contributed by atoms with Crippen molar-refractivity contribution in [3.8, 4) is 0 Å². The van der Waals surface area contributed by atoms with Crippen LogP contribution in [0.25, 0.3) is 0 Å². The smallest absolute Gasteiger partial charge is 0.225 e. The Morgan fingerprint density at radius 1 is 1.39 bits per heavy atom. The first-order valence-corrected chi connectivity index (χ1v) is 7.24. The maximum absolute atomic E-state index is 12.2. The number of amides is 1. The Hall–Kier alpha value is -0.830. The van der Waals surface area contributed by atoms with Gasteiger partial charge in [-0.3, -0.25) is 9.69 Å². The molecule has 18 heavy (non-hydrogen) atoms. The molecule has 0 bridgehead atoms. The van der Waals surface area contributed by atoms with Gasteiger partial charge in [0.2, 0.25) is 5.91 Å². The fraction of sp³-hybridized carbons (Fsp3) is 0.800. The van der Waals surface area contributed by atoms with Crippen LogP contribution in [0, 0.1) is 17.3 Å². The first kappa shape index (κ1) is 12.2. The summed E-state index contributed by atoms with van der Waals surface area (Å²) in [6, 6.07) is 0. The number of nitrogens with zero attached hydrogens (tertiary/aromatic N) is 2. The molecule has 0 atom stereocenters. The highest BCUT2D eigenvalue weighted by Crippen LogP contribution is 2.42. The van der Waals surface area contributed by atoms with Gasteiger partial charge in [0.1, 0.15) is 0 Å². The van der Waals surface area contributed by atoms with Gasteiger partial charge < -0.3 is 4.90 Å². The Morgan fingerprint density at radius 3 is 2.72 bits per heavy atom. The van der Waals surface area contributed by atoms with Crippen LogP contribution >= 0.6 is 0 Å². The molecule has 0 aromatic rings. The van der Waals surface area contributed by atoms with Gasteiger partial charge in [-0.1, -0.05) is 13.0 Å². The lowest BCUT2D eigenvalue weighted by Crippen LogP contribution is -2.61. The number of carbonyl (C=O) groups is 1. The molecule has 2 aliphatic heterocycles. The Labute approximate surface area is 110 Å². The predicted molar refractivity (Wildman–Crippen MR) is 72.2 cm³/mol. The molecule has 1 amide bonds. The van der Waals surface area contributed by atoms with E-state index >= 15 is 0 Å². The van der Waals surface area contributed by atoms with Gasteiger partial charge in [-0.05, 0) is 31.7 Å². The number of carbonyl (C=O) groups excluding carboxylic acids is 1. The molecule has 2 heterocycles. The molecular formula is C15H24N2O. The molecule has 0 aromatic carbocycles. The van der Waals surface area contributed by atoms with Crippen molar-refractivity contribution in [2.24, 2.45) is 17.3 Å². The van der Waals surface area contributed by atoms with E-state index in [0.29, 0.717) is 17.2 Å². The summed E-state index contributed by atoms with van der Waals surface area (Å²) in [4.78, 5) is 16.8. The van der Waals surface area contributed by atoms with Crippen molar-refractivity contribution in [2.75, 3.05) is 32.7 Å². The van der Waals surface area contributed by atoms with E-state index in [1.165, 1.54) is 13.0 Å². The molecular weight excluding hydrogens is 224 g/mol. The summed E-state index contributed by atoms with van der Waals surface area (Å²) in [5.74, 6) is 1.55. The molecule has 3 nitrogen and oxygen atoms in total. The molecule has 3 heteroatoms. The van der Waals surface area contributed by atoms with Gasteiger partial charge in [0.05, 0.1) is 0 Å². The highest BCUT2D eigenvalue weighted by molar-refractivity contribution is 5.80. The third-order valence-electron chi connectivity index (χ3n) is 4.99. The van der Waals surface area contributed by atoms with E-state index in [1.54, 1.807) is 0 Å². The molecule has 1 aliphatic carbocycles. The number of likely N-dealkylation sites (tertiary alicyclic amines) is 2. The van der Waals surface area contributed by atoms with Gasteiger partial charge >= 0.3 is 0 Å². The summed E-state index contributed by atoms with van der Waals surface area (Å²) in [6.45, 7) is 11.4. The van der Waals surface area contributed by atoms with Gasteiger partial charge in [0.15, 0.2) is 0 Å². The molecule has 0 N–H and O–H groups in total. The summed E-state index contributed by atoms with van der Waals surface area (Å²) >= 11 is 0. The zero-order valence-corrected chi connectivity index (χ0v) is 11.4. The number of rotatable bonds is 3. The van der Waals surface area contributed by atoms with Crippen LogP contribution in [0.1, 0.15) is 26.2 Å². The van der Waals surface area contributed by atoms with Crippen LogP contribution in [0.5, 0.6) is 0 Å². The van der Waals surface area contributed by atoms with E-state index in [9.17, 15) is 4.79 Å². The maximum Gasteiger partial charge on any atom is 0.225 e. The first-order valence-electron chi connectivity index (χ1n) is 7.24. The van der Waals surface area contributed by atoms with Crippen LogP contribution < -0.4 is 0 Å². The lowest BCUT2D eigenvalue weighted by Gasteiger charge is -2.50. The quantitative estimate of drug-likeness (QED) is 0.710. The second kappa shape index (κ2) is 4.37. The van der Waals surface area contributed by atoms with E-state index in [4.69, 9.17) is 0 Å². The minimum atomic E-state index is 0.350. The van der Waals surface area contributed by atoms with Crippen LogP contribution in [0.4, 0.5) is 0 Å². The van der Waals surface area contributed by atoms with Crippen molar-refractivity contribution < 1.29 is 4.79 Å². The van der Waals surface area contributed by atoms with Crippen LogP contribution in [0.15, 0.2) is 12.7 Å². The zero-order valence-electron chi connectivity index (χ0n) is 11.4. The van der Waals surface area contributed by atoms with Gasteiger partial charge in [-0.15, -0.1) is 6.58 Å². The van der Waals surface area contributed by atoms with Crippen molar-refractivity contribution in [3.63, 3.8) is 0 Å². The number of hydrogen-bond donors (Lipinski definition) is 0. The Bertz CT molecular complexity index is 354. The van der Waals surface area contributed by atoms with Gasteiger partial charge in [0, 0.05) is 37.5 Å². The standard InChI is InChI=1S/C15H24N2O/c1-3-5-16-6-4-15(9-16)10-17(11-15)14(18)13-7-12(2)8-13/h3,12-13H,1,4-11H2,2H3. The minimum absolute atomic E-state index is 0.350. The van der Waals surface area contributed by atoms with E-state index < -0.39 is 0 Å². The Kier molecular flexibility index (Phi) is 2.97. The van der Waals surface area contributed by atoms with E-state index in [2.05, 4.69) is 23.3 Å². The van der Waals surface area contributed by atoms with Crippen LogP contribution in [-0.4, -0.2) is 48.4 Å². The average molecular weight is 248 g/mol. The van der Waals surface area contributed by atoms with Crippen molar-refractivity contribution >= 4 is 5.91 Å². The molecule has 3 rings (SSSR count). The van der Waals surface area contributed by atoms with Crippen LogP contribution in [-0.2, 0) is 4.79 Å². The largest absolute Gasteiger partial charge is 0.341 e. The first-order chi connectivity index (χ1) is 8.62. The number of hydrogen-bond acceptors (Lipinski definition) is 2. The molecule has 1 spiro atoms. The third kappa shape index (κ3) is 1.99. The van der Waals surface area contributed by atoms with Crippen molar-refractivity contribution in [1.82, 2.24) is 9.80 Å². The second-order valence-corrected chi connectivity index (χ2v) is 6.74. The molecule has 0 aromatic heterocycles. The molecule has 1 saturated carbocycles. The second-order valence-electron chi connectivity index (χ2n) is 6.74. The topological polar surface area (TPSA) is 23.6 Å². The summed E-state index contributed by atoms with van der Waals surface area (Å²) in [5, 5.41) is 0. The minimum Gasteiger partial charge on any atom is -0.341 e. The highest BCUT2D eigenvalue weighted by Gasteiger charge is 2.50. The zero-order chi connectivity index (χ0) is 12.8. The third-order valence-corrected chi connectivity index (χ3v) is 4.99. The van der Waals surface area contributed by atoms with Gasteiger partial charge in [-0.2, -0.15) is 0 Å². The van der Waals surface area contributed by atoms with Gasteiger partial charge in [0.25, 0.3) is 0 Å². The summed E-state index contributed by atoms with van der Waals surface area (Å²) in [5.41, 5.74) is 0.425. The van der Waals surface area contributed by atoms with E-state index in [0.717, 1.165) is 44.9 Å². The Morgan fingerprint density at radius 2 is 2.11 bits per heavy atom. The monoisotopic (exact) mass is 248 g/mol. The summed E-state index contributed by atoms with van der Waals surface area (Å²) in [6.07, 6.45) is 5.47. The molecule has 2 saturated heterocycles. The van der Waals surface area contributed by atoms with E-state index in [1.807, 2.05) is 6.08 Å². The summed E-state index contributed by atoms with van der Waals surface area (Å²) in [7, 11) is 0. The van der Waals surface area contributed by atoms with Crippen molar-refractivity contribution in [2.45, 2.75) is 26.2 Å². The average Bonchev–Trinajstić information content (AvgIpc) is 2.67. The fourth-order valence-corrected chi connectivity index (χ4v) is 3.91.